The van der Waals surface area contributed by atoms with Crippen LogP contribution in [0.5, 0.6) is 5.75 Å². The molecule has 7 rings (SSSR count). The minimum atomic E-state index is -0.576. The summed E-state index contributed by atoms with van der Waals surface area (Å²) in [6.45, 7) is 6.59. The number of rotatable bonds is 4. The molecule has 0 radical (unpaired) electrons. The van der Waals surface area contributed by atoms with Gasteiger partial charge < -0.3 is 24.6 Å². The third-order valence-electron chi connectivity index (χ3n) is 9.48. The molecule has 1 atom stereocenters. The van der Waals surface area contributed by atoms with Gasteiger partial charge in [0, 0.05) is 61.9 Å². The number of benzene rings is 1. The molecule has 1 N–H and O–H groups in total. The normalized spacial score (nSPS) is 25.4. The fourth-order valence-corrected chi connectivity index (χ4v) is 7.00. The second kappa shape index (κ2) is 9.54. The second-order valence-corrected chi connectivity index (χ2v) is 12.4. The summed E-state index contributed by atoms with van der Waals surface area (Å²) in [7, 11) is 0. The minimum absolute atomic E-state index is 0.0970. The zero-order chi connectivity index (χ0) is 26.6. The molecule has 5 aliphatic rings. The molecule has 2 aromatic rings. The van der Waals surface area contributed by atoms with Crippen molar-refractivity contribution in [3.8, 4) is 17.0 Å². The van der Waals surface area contributed by atoms with Gasteiger partial charge in [0.05, 0.1) is 6.61 Å². The van der Waals surface area contributed by atoms with Gasteiger partial charge in [0.25, 0.3) is 0 Å². The quantitative estimate of drug-likeness (QED) is 0.643. The molecule has 1 aliphatic carbocycles. The van der Waals surface area contributed by atoms with Crippen molar-refractivity contribution in [3.05, 3.63) is 35.5 Å². The van der Waals surface area contributed by atoms with Crippen molar-refractivity contribution in [1.82, 2.24) is 24.9 Å². The van der Waals surface area contributed by atoms with Gasteiger partial charge in [0.1, 0.15) is 23.6 Å². The Hall–Kier alpha value is -3.07. The van der Waals surface area contributed by atoms with Crippen molar-refractivity contribution in [1.29, 1.82) is 0 Å². The van der Waals surface area contributed by atoms with Crippen molar-refractivity contribution in [2.75, 3.05) is 39.3 Å². The van der Waals surface area contributed by atoms with Crippen LogP contribution in [0.15, 0.2) is 24.4 Å². The first kappa shape index (κ1) is 24.9. The van der Waals surface area contributed by atoms with E-state index in [0.29, 0.717) is 38.5 Å². The summed E-state index contributed by atoms with van der Waals surface area (Å²) in [6.07, 6.45) is 9.95. The predicted octanol–water partition coefficient (Wildman–Crippen LogP) is 3.83. The van der Waals surface area contributed by atoms with Crippen LogP contribution in [0.3, 0.4) is 0 Å². The number of aryl methyl sites for hydroxylation is 1. The molecule has 9 heteroatoms. The number of hydrogen-bond donors (Lipinski definition) is 1. The molecule has 2 spiro atoms. The van der Waals surface area contributed by atoms with Crippen LogP contribution < -0.4 is 10.1 Å². The van der Waals surface area contributed by atoms with E-state index in [1.807, 2.05) is 15.8 Å². The topological polar surface area (TPSA) is 88.9 Å². The Morgan fingerprint density at radius 3 is 2.69 bits per heavy atom. The molecular formula is C30H39N5O4. The number of ether oxygens (including phenoxy) is 2. The third-order valence-corrected chi connectivity index (χ3v) is 9.48. The Balaban J connectivity index is 1.12. The number of likely N-dealkylation sites (tertiary alicyclic amines) is 2. The van der Waals surface area contributed by atoms with Crippen LogP contribution in [0.1, 0.15) is 62.5 Å². The monoisotopic (exact) mass is 533 g/mol. The zero-order valence-electron chi connectivity index (χ0n) is 22.9. The average molecular weight is 534 g/mol. The van der Waals surface area contributed by atoms with E-state index in [1.54, 1.807) is 4.90 Å². The molecule has 9 nitrogen and oxygen atoms in total. The van der Waals surface area contributed by atoms with Crippen molar-refractivity contribution < 1.29 is 19.1 Å². The number of carbonyl (C=O) groups is 2. The number of fused-ring (bicyclic) bond motifs is 4. The molecule has 4 aliphatic heterocycles. The molecule has 1 unspecified atom stereocenters. The van der Waals surface area contributed by atoms with E-state index in [0.717, 1.165) is 79.9 Å². The van der Waals surface area contributed by atoms with Crippen molar-refractivity contribution in [2.24, 2.45) is 5.92 Å². The maximum Gasteiger partial charge on any atom is 0.409 e. The molecule has 1 aromatic heterocycles. The number of amides is 2. The number of hydrogen-bond acceptors (Lipinski definition) is 6. The Labute approximate surface area is 229 Å². The SMILES string of the molecule is Cc1ccc2c(c1)OC1(CCN(C(=O)OCC3CC3)CC1)c1cn(CC(=O)N3CCCC4(CCCN4)C3)nc1-2. The second-order valence-electron chi connectivity index (χ2n) is 12.4. The van der Waals surface area contributed by atoms with Gasteiger partial charge in [0.15, 0.2) is 0 Å². The van der Waals surface area contributed by atoms with Gasteiger partial charge in [-0.1, -0.05) is 6.07 Å². The van der Waals surface area contributed by atoms with Gasteiger partial charge in [-0.3, -0.25) is 9.48 Å². The first-order valence-corrected chi connectivity index (χ1v) is 14.7. The lowest BCUT2D eigenvalue weighted by Gasteiger charge is -2.43. The summed E-state index contributed by atoms with van der Waals surface area (Å²) >= 11 is 0. The fourth-order valence-electron chi connectivity index (χ4n) is 7.00. The van der Waals surface area contributed by atoms with Crippen LogP contribution in [0.2, 0.25) is 0 Å². The van der Waals surface area contributed by atoms with Crippen LogP contribution in [0.25, 0.3) is 11.3 Å². The molecule has 2 amide bonds. The van der Waals surface area contributed by atoms with Gasteiger partial charge >= 0.3 is 6.09 Å². The summed E-state index contributed by atoms with van der Waals surface area (Å²) in [4.78, 5) is 29.9. The van der Waals surface area contributed by atoms with Crippen LogP contribution in [-0.4, -0.2) is 76.5 Å². The lowest BCUT2D eigenvalue weighted by atomic mass is 9.81. The number of piperidine rings is 2. The molecule has 1 saturated carbocycles. The maximum atomic E-state index is 13.5. The lowest BCUT2D eigenvalue weighted by molar-refractivity contribution is -0.134. The van der Waals surface area contributed by atoms with E-state index in [-0.39, 0.29) is 24.1 Å². The first-order valence-electron chi connectivity index (χ1n) is 14.7. The largest absolute Gasteiger partial charge is 0.482 e. The number of carbonyl (C=O) groups excluding carboxylic acids is 2. The van der Waals surface area contributed by atoms with E-state index in [2.05, 4.69) is 30.4 Å². The number of aromatic nitrogens is 2. The van der Waals surface area contributed by atoms with E-state index in [9.17, 15) is 9.59 Å². The highest BCUT2D eigenvalue weighted by molar-refractivity contribution is 5.77. The minimum Gasteiger partial charge on any atom is -0.482 e. The molecule has 4 fully saturated rings. The van der Waals surface area contributed by atoms with Crippen molar-refractivity contribution >= 4 is 12.0 Å². The molecule has 0 bridgehead atoms. The molecule has 39 heavy (non-hydrogen) atoms. The summed E-state index contributed by atoms with van der Waals surface area (Å²) < 4.78 is 14.1. The van der Waals surface area contributed by atoms with Crippen molar-refractivity contribution in [2.45, 2.75) is 76.0 Å². The van der Waals surface area contributed by atoms with E-state index >= 15 is 0 Å². The van der Waals surface area contributed by atoms with Crippen LogP contribution in [-0.2, 0) is 21.7 Å². The zero-order valence-corrected chi connectivity index (χ0v) is 22.9. The highest BCUT2D eigenvalue weighted by atomic mass is 16.6. The highest BCUT2D eigenvalue weighted by Gasteiger charge is 2.46. The van der Waals surface area contributed by atoms with Gasteiger partial charge in [-0.15, -0.1) is 0 Å². The molecule has 208 valence electrons. The van der Waals surface area contributed by atoms with E-state index in [1.165, 1.54) is 6.42 Å². The van der Waals surface area contributed by atoms with Crippen LogP contribution >= 0.6 is 0 Å². The van der Waals surface area contributed by atoms with E-state index < -0.39 is 5.60 Å². The van der Waals surface area contributed by atoms with Gasteiger partial charge in [0.2, 0.25) is 5.91 Å². The van der Waals surface area contributed by atoms with Gasteiger partial charge in [-0.05, 0) is 75.6 Å². The summed E-state index contributed by atoms with van der Waals surface area (Å²) in [5.41, 5.74) is 3.52. The lowest BCUT2D eigenvalue weighted by Crippen LogP contribution is -2.55. The average Bonchev–Trinajstić information content (AvgIpc) is 3.51. The summed E-state index contributed by atoms with van der Waals surface area (Å²) in [6, 6.07) is 6.22. The Morgan fingerprint density at radius 2 is 1.92 bits per heavy atom. The Kier molecular flexibility index (Phi) is 6.10. The fraction of sp³-hybridized carbons (Fsp3) is 0.633. The standard InChI is InChI=1S/C30H39N5O4/c1-21-4-7-23-25(16-21)39-30(10-14-33(15-11-30)28(37)38-19-22-5-6-22)24-17-35(32-27(23)24)18-26(36)34-13-3-9-29(20-34)8-2-12-31-29/h4,7,16-17,22,31H,2-3,5-6,8-15,18-20H2,1H3. The van der Waals surface area contributed by atoms with Crippen LogP contribution in [0, 0.1) is 12.8 Å². The summed E-state index contributed by atoms with van der Waals surface area (Å²) in [5, 5.41) is 8.65. The Morgan fingerprint density at radius 1 is 1.10 bits per heavy atom. The highest BCUT2D eigenvalue weighted by Crippen LogP contribution is 2.49. The summed E-state index contributed by atoms with van der Waals surface area (Å²) in [5.74, 6) is 1.50. The van der Waals surface area contributed by atoms with Gasteiger partial charge in [-0.2, -0.15) is 5.10 Å². The maximum absolute atomic E-state index is 13.5. The van der Waals surface area contributed by atoms with Crippen molar-refractivity contribution in [3.63, 3.8) is 0 Å². The van der Waals surface area contributed by atoms with Gasteiger partial charge in [-0.25, -0.2) is 4.79 Å². The predicted molar refractivity (Wildman–Crippen MR) is 145 cm³/mol. The number of nitrogens with zero attached hydrogens (tertiary/aromatic N) is 4. The molecular weight excluding hydrogens is 494 g/mol. The number of nitrogens with one attached hydrogen (secondary N) is 1. The molecule has 1 aromatic carbocycles. The molecule has 3 saturated heterocycles. The smallest absolute Gasteiger partial charge is 0.409 e. The van der Waals surface area contributed by atoms with Crippen LogP contribution in [0.4, 0.5) is 4.79 Å². The third kappa shape index (κ3) is 4.68. The Bertz CT molecular complexity index is 1270. The molecule has 5 heterocycles. The van der Waals surface area contributed by atoms with E-state index in [4.69, 9.17) is 14.6 Å². The first-order chi connectivity index (χ1) is 18.9.